The second-order valence-electron chi connectivity index (χ2n) is 4.45. The van der Waals surface area contributed by atoms with Gasteiger partial charge in [0, 0.05) is 41.5 Å². The van der Waals surface area contributed by atoms with Crippen LogP contribution in [0.1, 0.15) is 12.5 Å². The molecule has 0 aliphatic heterocycles. The fourth-order valence-electron chi connectivity index (χ4n) is 1.63. The van der Waals surface area contributed by atoms with Crippen molar-refractivity contribution < 1.29 is 17.0 Å². The van der Waals surface area contributed by atoms with Crippen molar-refractivity contribution >= 4 is 20.8 Å². The van der Waals surface area contributed by atoms with E-state index in [1.807, 2.05) is 0 Å². The normalized spacial score (nSPS) is 15.4. The van der Waals surface area contributed by atoms with Gasteiger partial charge in [0.2, 0.25) is 10.0 Å². The Hall–Kier alpha value is -0.790. The molecular formula is C12H18FNO3S2. The summed E-state index contributed by atoms with van der Waals surface area (Å²) in [6.07, 6.45) is 1.52. The van der Waals surface area contributed by atoms with Crippen molar-refractivity contribution in [1.29, 1.82) is 0 Å². The van der Waals surface area contributed by atoms with Crippen molar-refractivity contribution in [2.24, 2.45) is 0 Å². The SMILES string of the molecule is C[C@H](C[S@](C)=O)N(C)S(=O)(=O)Cc1ccccc1F. The van der Waals surface area contributed by atoms with Gasteiger partial charge in [-0.05, 0) is 13.0 Å². The molecule has 2 atom stereocenters. The van der Waals surface area contributed by atoms with E-state index in [-0.39, 0.29) is 17.4 Å². The van der Waals surface area contributed by atoms with Crippen molar-refractivity contribution in [3.63, 3.8) is 0 Å². The molecule has 1 aromatic rings. The maximum atomic E-state index is 13.5. The number of hydrogen-bond donors (Lipinski definition) is 0. The molecule has 0 bridgehead atoms. The topological polar surface area (TPSA) is 54.5 Å². The molecule has 0 amide bonds. The predicted molar refractivity (Wildman–Crippen MR) is 75.2 cm³/mol. The minimum atomic E-state index is -3.62. The monoisotopic (exact) mass is 307 g/mol. The Morgan fingerprint density at radius 1 is 1.37 bits per heavy atom. The summed E-state index contributed by atoms with van der Waals surface area (Å²) < 4.78 is 50.0. The van der Waals surface area contributed by atoms with Crippen molar-refractivity contribution in [3.05, 3.63) is 35.6 Å². The molecule has 0 saturated heterocycles. The van der Waals surface area contributed by atoms with Crippen LogP contribution in [0, 0.1) is 5.82 Å². The Bertz CT molecular complexity index is 560. The molecule has 1 aromatic carbocycles. The van der Waals surface area contributed by atoms with E-state index < -0.39 is 32.4 Å². The number of halogens is 1. The molecule has 0 aliphatic rings. The van der Waals surface area contributed by atoms with Gasteiger partial charge in [-0.25, -0.2) is 17.1 Å². The number of hydrogen-bond acceptors (Lipinski definition) is 3. The molecule has 1 rings (SSSR count). The van der Waals surface area contributed by atoms with Crippen LogP contribution in [-0.2, 0) is 26.6 Å². The lowest BCUT2D eigenvalue weighted by Crippen LogP contribution is -2.39. The lowest BCUT2D eigenvalue weighted by atomic mass is 10.2. The van der Waals surface area contributed by atoms with E-state index >= 15 is 0 Å². The van der Waals surface area contributed by atoms with Crippen molar-refractivity contribution in [2.75, 3.05) is 19.1 Å². The van der Waals surface area contributed by atoms with Gasteiger partial charge in [0.25, 0.3) is 0 Å². The molecule has 7 heteroatoms. The van der Waals surface area contributed by atoms with E-state index in [0.29, 0.717) is 0 Å². The van der Waals surface area contributed by atoms with Gasteiger partial charge < -0.3 is 0 Å². The lowest BCUT2D eigenvalue weighted by Gasteiger charge is -2.23. The Morgan fingerprint density at radius 3 is 2.47 bits per heavy atom. The predicted octanol–water partition coefficient (Wildman–Crippen LogP) is 1.35. The first-order valence-corrected chi connectivity index (χ1v) is 9.07. The van der Waals surface area contributed by atoms with E-state index in [4.69, 9.17) is 0 Å². The first-order chi connectivity index (χ1) is 8.74. The first-order valence-electron chi connectivity index (χ1n) is 5.73. The van der Waals surface area contributed by atoms with E-state index in [1.54, 1.807) is 13.0 Å². The summed E-state index contributed by atoms with van der Waals surface area (Å²) in [5, 5.41) is 0. The van der Waals surface area contributed by atoms with Gasteiger partial charge in [-0.3, -0.25) is 4.21 Å². The first kappa shape index (κ1) is 16.3. The third-order valence-electron chi connectivity index (χ3n) is 2.83. The van der Waals surface area contributed by atoms with E-state index in [0.717, 1.165) is 4.31 Å². The number of sulfonamides is 1. The van der Waals surface area contributed by atoms with Gasteiger partial charge in [-0.1, -0.05) is 18.2 Å². The van der Waals surface area contributed by atoms with Gasteiger partial charge in [-0.15, -0.1) is 0 Å². The van der Waals surface area contributed by atoms with Gasteiger partial charge in [0.05, 0.1) is 5.75 Å². The van der Waals surface area contributed by atoms with E-state index in [2.05, 4.69) is 0 Å². The zero-order chi connectivity index (χ0) is 14.6. The van der Waals surface area contributed by atoms with Crippen LogP contribution >= 0.6 is 0 Å². The van der Waals surface area contributed by atoms with Crippen LogP contribution in [0.3, 0.4) is 0 Å². The average Bonchev–Trinajstić information content (AvgIpc) is 2.30. The van der Waals surface area contributed by atoms with E-state index in [1.165, 1.54) is 31.5 Å². The second-order valence-corrected chi connectivity index (χ2v) is 7.96. The number of nitrogens with zero attached hydrogens (tertiary/aromatic N) is 1. The third-order valence-corrected chi connectivity index (χ3v) is 5.70. The Balaban J connectivity index is 2.87. The standard InChI is InChI=1S/C12H18FNO3S2/c1-10(8-18(3)15)14(2)19(16,17)9-11-6-4-5-7-12(11)13/h4-7,10H,8-9H2,1-3H3/t10-,18+/m1/s1. The maximum Gasteiger partial charge on any atom is 0.218 e. The summed E-state index contributed by atoms with van der Waals surface area (Å²) in [6, 6.07) is 5.40. The summed E-state index contributed by atoms with van der Waals surface area (Å²) in [5.41, 5.74) is 0.138. The molecule has 4 nitrogen and oxygen atoms in total. The zero-order valence-electron chi connectivity index (χ0n) is 11.2. The molecule has 0 fully saturated rings. The van der Waals surface area contributed by atoms with Crippen molar-refractivity contribution in [3.8, 4) is 0 Å². The van der Waals surface area contributed by atoms with Gasteiger partial charge >= 0.3 is 0 Å². The molecule has 0 heterocycles. The highest BCUT2D eigenvalue weighted by Gasteiger charge is 2.25. The Labute approximate surface area is 116 Å². The summed E-state index contributed by atoms with van der Waals surface area (Å²) >= 11 is 0. The molecule has 0 saturated carbocycles. The van der Waals surface area contributed by atoms with E-state index in [9.17, 15) is 17.0 Å². The fraction of sp³-hybridized carbons (Fsp3) is 0.500. The van der Waals surface area contributed by atoms with Gasteiger partial charge in [-0.2, -0.15) is 0 Å². The molecule has 0 N–H and O–H groups in total. The molecule has 0 spiro atoms. The maximum absolute atomic E-state index is 13.5. The molecule has 108 valence electrons. The van der Waals surface area contributed by atoms with Crippen LogP contribution in [0.25, 0.3) is 0 Å². The average molecular weight is 307 g/mol. The quantitative estimate of drug-likeness (QED) is 0.797. The van der Waals surface area contributed by atoms with Crippen molar-refractivity contribution in [2.45, 2.75) is 18.7 Å². The summed E-state index contributed by atoms with van der Waals surface area (Å²) in [7, 11) is -3.28. The zero-order valence-corrected chi connectivity index (χ0v) is 12.8. The molecule has 0 aliphatic carbocycles. The third kappa shape index (κ3) is 4.67. The minimum absolute atomic E-state index is 0.138. The Morgan fingerprint density at radius 2 is 1.95 bits per heavy atom. The van der Waals surface area contributed by atoms with Crippen LogP contribution in [0.2, 0.25) is 0 Å². The highest BCUT2D eigenvalue weighted by Crippen LogP contribution is 2.15. The largest absolute Gasteiger partial charge is 0.260 e. The number of benzene rings is 1. The van der Waals surface area contributed by atoms with Crippen molar-refractivity contribution in [1.82, 2.24) is 4.31 Å². The summed E-state index contributed by atoms with van der Waals surface area (Å²) in [4.78, 5) is 0. The molecule has 0 aromatic heterocycles. The van der Waals surface area contributed by atoms with Crippen LogP contribution in [0.4, 0.5) is 4.39 Å². The smallest absolute Gasteiger partial charge is 0.218 e. The highest BCUT2D eigenvalue weighted by molar-refractivity contribution is 7.88. The lowest BCUT2D eigenvalue weighted by molar-refractivity contribution is 0.412. The Kier molecular flexibility index (Phi) is 5.64. The van der Waals surface area contributed by atoms with Crippen LogP contribution in [0.15, 0.2) is 24.3 Å². The second kappa shape index (κ2) is 6.58. The molecule has 19 heavy (non-hydrogen) atoms. The minimum Gasteiger partial charge on any atom is -0.260 e. The molecule has 0 radical (unpaired) electrons. The van der Waals surface area contributed by atoms with Crippen LogP contribution in [0.5, 0.6) is 0 Å². The molecular weight excluding hydrogens is 289 g/mol. The van der Waals surface area contributed by atoms with Gasteiger partial charge in [0.1, 0.15) is 5.82 Å². The summed E-state index contributed by atoms with van der Waals surface area (Å²) in [5.74, 6) is -0.671. The molecule has 0 unspecified atom stereocenters. The fourth-order valence-corrected chi connectivity index (χ4v) is 4.08. The van der Waals surface area contributed by atoms with Crippen LogP contribution < -0.4 is 0 Å². The highest BCUT2D eigenvalue weighted by atomic mass is 32.2. The van der Waals surface area contributed by atoms with Gasteiger partial charge in [0.15, 0.2) is 0 Å². The summed E-state index contributed by atoms with van der Waals surface area (Å²) in [6.45, 7) is 1.68. The van der Waals surface area contributed by atoms with Crippen LogP contribution in [-0.4, -0.2) is 42.0 Å². The number of rotatable bonds is 6.